The molecule has 118 valence electrons. The average Bonchev–Trinajstić information content (AvgIpc) is 3.05. The van der Waals surface area contributed by atoms with Crippen molar-refractivity contribution in [2.24, 2.45) is 0 Å². The van der Waals surface area contributed by atoms with Crippen LogP contribution in [0.15, 0.2) is 53.3 Å². The Hall–Kier alpha value is -2.57. The molecule has 0 unspecified atom stereocenters. The number of fused-ring (bicyclic) bond motifs is 1. The molecule has 4 rings (SSSR count). The van der Waals surface area contributed by atoms with Gasteiger partial charge in [-0.3, -0.25) is 4.79 Å². The molecule has 0 aliphatic heterocycles. The van der Waals surface area contributed by atoms with E-state index in [-0.39, 0.29) is 5.56 Å². The van der Waals surface area contributed by atoms with E-state index in [9.17, 15) is 4.79 Å². The first-order chi connectivity index (χ1) is 11.6. The first-order valence-electron chi connectivity index (χ1n) is 7.22. The molecule has 2 heterocycles. The fourth-order valence-electron chi connectivity index (χ4n) is 2.48. The van der Waals surface area contributed by atoms with Gasteiger partial charge in [0, 0.05) is 10.6 Å². The third kappa shape index (κ3) is 2.50. The van der Waals surface area contributed by atoms with Crippen LogP contribution in [0.4, 0.5) is 0 Å². The summed E-state index contributed by atoms with van der Waals surface area (Å²) in [6.45, 7) is 1.79. The van der Waals surface area contributed by atoms with E-state index in [1.54, 1.807) is 25.1 Å². The third-order valence-electron chi connectivity index (χ3n) is 3.64. The molecule has 0 atom stereocenters. The summed E-state index contributed by atoms with van der Waals surface area (Å²) in [6, 6.07) is 14.6. The number of hydrogen-bond acceptors (Lipinski definition) is 5. The molecular formula is C17H11ClN4OS. The molecule has 0 radical (unpaired) electrons. The Morgan fingerprint density at radius 3 is 2.58 bits per heavy atom. The highest BCUT2D eigenvalue weighted by Crippen LogP contribution is 2.26. The first kappa shape index (κ1) is 15.0. The van der Waals surface area contributed by atoms with Crippen LogP contribution in [-0.2, 0) is 0 Å². The van der Waals surface area contributed by atoms with Crippen molar-refractivity contribution in [3.8, 4) is 15.7 Å². The van der Waals surface area contributed by atoms with Gasteiger partial charge in [0.05, 0.1) is 10.9 Å². The van der Waals surface area contributed by atoms with Crippen LogP contribution in [0.5, 0.6) is 0 Å². The lowest BCUT2D eigenvalue weighted by Crippen LogP contribution is -2.22. The van der Waals surface area contributed by atoms with E-state index < -0.39 is 0 Å². The van der Waals surface area contributed by atoms with Gasteiger partial charge in [-0.2, -0.15) is 0 Å². The third-order valence-corrected chi connectivity index (χ3v) is 4.85. The predicted octanol–water partition coefficient (Wildman–Crippen LogP) is 3.87. The molecule has 0 saturated heterocycles. The van der Waals surface area contributed by atoms with Crippen molar-refractivity contribution in [1.82, 2.24) is 19.7 Å². The fraction of sp³-hybridized carbons (Fsp3) is 0.0588. The lowest BCUT2D eigenvalue weighted by atomic mass is 10.2. The lowest BCUT2D eigenvalue weighted by molar-refractivity contribution is 0.863. The molecule has 0 amide bonds. The molecule has 2 aromatic carbocycles. The molecular weight excluding hydrogens is 344 g/mol. The van der Waals surface area contributed by atoms with Crippen LogP contribution in [0, 0.1) is 6.92 Å². The first-order valence-corrected chi connectivity index (χ1v) is 8.41. The Morgan fingerprint density at radius 2 is 1.79 bits per heavy atom. The number of aromatic nitrogens is 4. The number of halogens is 1. The smallest absolute Gasteiger partial charge is 0.267 e. The summed E-state index contributed by atoms with van der Waals surface area (Å²) in [4.78, 5) is 17.3. The molecule has 5 nitrogen and oxygen atoms in total. The van der Waals surface area contributed by atoms with Gasteiger partial charge in [0.15, 0.2) is 0 Å². The van der Waals surface area contributed by atoms with E-state index in [1.807, 2.05) is 30.3 Å². The molecule has 7 heteroatoms. The van der Waals surface area contributed by atoms with Gasteiger partial charge < -0.3 is 0 Å². The topological polar surface area (TPSA) is 60.7 Å². The van der Waals surface area contributed by atoms with Gasteiger partial charge in [0.2, 0.25) is 5.13 Å². The summed E-state index contributed by atoms with van der Waals surface area (Å²) >= 11 is 7.25. The highest BCUT2D eigenvalue weighted by Gasteiger charge is 2.14. The monoisotopic (exact) mass is 354 g/mol. The van der Waals surface area contributed by atoms with E-state index in [4.69, 9.17) is 11.6 Å². The second kappa shape index (κ2) is 5.81. The van der Waals surface area contributed by atoms with Gasteiger partial charge in [-0.05, 0) is 31.2 Å². The van der Waals surface area contributed by atoms with Crippen molar-refractivity contribution < 1.29 is 0 Å². The maximum absolute atomic E-state index is 12.8. The average molecular weight is 355 g/mol. The Morgan fingerprint density at radius 1 is 1.04 bits per heavy atom. The molecule has 4 aromatic rings. The zero-order chi connectivity index (χ0) is 16.7. The van der Waals surface area contributed by atoms with Gasteiger partial charge in [0.25, 0.3) is 5.56 Å². The molecule has 2 aromatic heterocycles. The fourth-order valence-corrected chi connectivity index (χ4v) is 3.51. The molecule has 0 bridgehead atoms. The van der Waals surface area contributed by atoms with Gasteiger partial charge in [-0.15, -0.1) is 10.2 Å². The molecule has 0 aliphatic rings. The molecule has 0 aliphatic carbocycles. The second-order valence-corrected chi connectivity index (χ2v) is 6.61. The zero-order valence-corrected chi connectivity index (χ0v) is 14.2. The van der Waals surface area contributed by atoms with Crippen LogP contribution >= 0.6 is 22.9 Å². The van der Waals surface area contributed by atoms with Crippen LogP contribution in [0.2, 0.25) is 5.02 Å². The standard InChI is InChI=1S/C17H11ClN4OS/c1-10-19-14-5-3-2-4-13(14)16(23)22(10)17-21-20-15(24-17)11-6-8-12(18)9-7-11/h2-9H,1H3. The minimum absolute atomic E-state index is 0.142. The van der Waals surface area contributed by atoms with E-state index in [1.165, 1.54) is 15.9 Å². The maximum Gasteiger partial charge on any atom is 0.267 e. The molecule has 0 N–H and O–H groups in total. The molecule has 0 spiro atoms. The Bertz CT molecular complexity index is 1100. The highest BCUT2D eigenvalue weighted by atomic mass is 35.5. The van der Waals surface area contributed by atoms with Crippen LogP contribution in [0.1, 0.15) is 5.82 Å². The van der Waals surface area contributed by atoms with Crippen LogP contribution in [0.25, 0.3) is 26.6 Å². The highest BCUT2D eigenvalue weighted by molar-refractivity contribution is 7.17. The summed E-state index contributed by atoms with van der Waals surface area (Å²) in [5.41, 5.74) is 1.44. The Balaban J connectivity index is 1.87. The van der Waals surface area contributed by atoms with Crippen molar-refractivity contribution in [3.63, 3.8) is 0 Å². The van der Waals surface area contributed by atoms with Crippen molar-refractivity contribution in [1.29, 1.82) is 0 Å². The minimum atomic E-state index is -0.142. The van der Waals surface area contributed by atoms with Gasteiger partial charge >= 0.3 is 0 Å². The molecule has 24 heavy (non-hydrogen) atoms. The number of hydrogen-bond donors (Lipinski definition) is 0. The number of rotatable bonds is 2. The van der Waals surface area contributed by atoms with Gasteiger partial charge in [-0.25, -0.2) is 9.55 Å². The van der Waals surface area contributed by atoms with Crippen LogP contribution < -0.4 is 5.56 Å². The van der Waals surface area contributed by atoms with Crippen molar-refractivity contribution in [3.05, 3.63) is 69.7 Å². The van der Waals surface area contributed by atoms with E-state index in [0.29, 0.717) is 26.9 Å². The summed E-state index contributed by atoms with van der Waals surface area (Å²) in [7, 11) is 0. The SMILES string of the molecule is Cc1nc2ccccc2c(=O)n1-c1nnc(-c2ccc(Cl)cc2)s1. The van der Waals surface area contributed by atoms with E-state index in [0.717, 1.165) is 10.6 Å². The maximum atomic E-state index is 12.8. The van der Waals surface area contributed by atoms with Crippen molar-refractivity contribution >= 4 is 33.8 Å². The van der Waals surface area contributed by atoms with Gasteiger partial charge in [-0.1, -0.05) is 47.2 Å². The number of para-hydroxylation sites is 1. The summed E-state index contributed by atoms with van der Waals surface area (Å²) in [6.07, 6.45) is 0. The van der Waals surface area contributed by atoms with Crippen molar-refractivity contribution in [2.75, 3.05) is 0 Å². The van der Waals surface area contributed by atoms with Crippen LogP contribution in [-0.4, -0.2) is 19.7 Å². The molecule has 0 fully saturated rings. The van der Waals surface area contributed by atoms with E-state index in [2.05, 4.69) is 15.2 Å². The predicted molar refractivity (Wildman–Crippen MR) is 96.0 cm³/mol. The Labute approximate surface area is 146 Å². The molecule has 0 saturated carbocycles. The minimum Gasteiger partial charge on any atom is -0.268 e. The summed E-state index contributed by atoms with van der Waals surface area (Å²) in [5, 5.41) is 10.8. The largest absolute Gasteiger partial charge is 0.268 e. The summed E-state index contributed by atoms with van der Waals surface area (Å²) < 4.78 is 1.50. The number of benzene rings is 2. The van der Waals surface area contributed by atoms with Gasteiger partial charge in [0.1, 0.15) is 10.8 Å². The second-order valence-electron chi connectivity index (χ2n) is 5.21. The quantitative estimate of drug-likeness (QED) is 0.548. The van der Waals surface area contributed by atoms with Crippen LogP contribution in [0.3, 0.4) is 0 Å². The summed E-state index contributed by atoms with van der Waals surface area (Å²) in [5.74, 6) is 0.581. The Kier molecular flexibility index (Phi) is 3.63. The number of aryl methyl sites for hydroxylation is 1. The number of nitrogens with zero attached hydrogens (tertiary/aromatic N) is 4. The normalized spacial score (nSPS) is 11.1. The van der Waals surface area contributed by atoms with Crippen molar-refractivity contribution in [2.45, 2.75) is 6.92 Å². The zero-order valence-electron chi connectivity index (χ0n) is 12.6. The lowest BCUT2D eigenvalue weighted by Gasteiger charge is -2.06. The van der Waals surface area contributed by atoms with E-state index >= 15 is 0 Å².